The summed E-state index contributed by atoms with van der Waals surface area (Å²) in [7, 11) is 1.25. The third-order valence-corrected chi connectivity index (χ3v) is 12.5. The monoisotopic (exact) mass is 809 g/mol. The van der Waals surface area contributed by atoms with Crippen molar-refractivity contribution in [2.45, 2.75) is 47.1 Å². The number of rotatable bonds is 16. The number of nitrogens with zero attached hydrogens (tertiary/aromatic N) is 3. The van der Waals surface area contributed by atoms with E-state index in [1.807, 2.05) is 67.5 Å². The van der Waals surface area contributed by atoms with Crippen LogP contribution in [0.2, 0.25) is 0 Å². The number of carbonyl (C=O) groups excluding carboxylic acids is 1. The molecule has 1 amide bonds. The van der Waals surface area contributed by atoms with Crippen LogP contribution in [0.4, 0.5) is 17.1 Å². The van der Waals surface area contributed by atoms with Crippen LogP contribution in [0.3, 0.4) is 0 Å². The van der Waals surface area contributed by atoms with Gasteiger partial charge in [-0.3, -0.25) is 14.9 Å². The Hall–Kier alpha value is -3.95. The molecule has 0 spiro atoms. The highest BCUT2D eigenvalue weighted by Gasteiger charge is 2.35. The Kier molecular flexibility index (Phi) is 13.4. The summed E-state index contributed by atoms with van der Waals surface area (Å²) < 4.78 is 35.8. The van der Waals surface area contributed by atoms with Gasteiger partial charge < -0.3 is 19.9 Å². The van der Waals surface area contributed by atoms with Crippen LogP contribution in [0.5, 0.6) is 0 Å². The average Bonchev–Trinajstić information content (AvgIpc) is 3.14. The number of carbonyl (C=O) groups is 1. The predicted molar refractivity (Wildman–Crippen MR) is 211 cm³/mol. The number of nitrogens with one attached hydrogen (secondary N) is 2. The highest BCUT2D eigenvalue weighted by atomic mass is 79.9. The summed E-state index contributed by atoms with van der Waals surface area (Å²) in [6, 6.07) is 28.3. The second-order valence-corrected chi connectivity index (χ2v) is 16.7. The first-order chi connectivity index (χ1) is 24.9. The lowest BCUT2D eigenvalue weighted by Crippen LogP contribution is -2.47. The lowest BCUT2D eigenvalue weighted by Gasteiger charge is -2.42. The molecule has 1 fully saturated rings. The fourth-order valence-corrected chi connectivity index (χ4v) is 8.59. The molecule has 1 saturated heterocycles. The van der Waals surface area contributed by atoms with Crippen molar-refractivity contribution in [3.63, 3.8) is 0 Å². The molecule has 5 rings (SSSR count). The number of nitro benzene ring substituents is 1. The third-order valence-electron chi connectivity index (χ3n) is 9.25. The Bertz CT molecular complexity index is 1940. The van der Waals surface area contributed by atoms with E-state index in [1.54, 1.807) is 43.1 Å². The van der Waals surface area contributed by atoms with E-state index in [1.165, 1.54) is 17.7 Å². The van der Waals surface area contributed by atoms with Gasteiger partial charge in [-0.05, 0) is 100 Å². The minimum Gasteiger partial charge on any atom is -0.378 e. The summed E-state index contributed by atoms with van der Waals surface area (Å²) in [4.78, 5) is 29.6. The Morgan fingerprint density at radius 1 is 1.02 bits per heavy atom. The highest BCUT2D eigenvalue weighted by Crippen LogP contribution is 2.34. The summed E-state index contributed by atoms with van der Waals surface area (Å²) in [5.41, 5.74) is 1.79. The number of halogens is 1. The standard InChI is InChI=1S/C38H44BrN5O6S2/c1-42(2)22-19-30(27-51-32-10-5-4-6-11-32)40-35-18-17-33(25-36(35)44(46)47)52(48,49)41-37(45)28-13-15-31(16-14-28)43-23-20-38(50-3,21-24-43)26-29-9-7-8-12-34(29)39/h4-18,25,30,40H,19-24,26-27H2,1-3H3,(H,41,45)/t30-/m1/s1. The number of methoxy groups -OCH3 is 1. The van der Waals surface area contributed by atoms with E-state index in [9.17, 15) is 23.3 Å². The van der Waals surface area contributed by atoms with Gasteiger partial charge >= 0.3 is 0 Å². The maximum atomic E-state index is 13.3. The molecule has 4 aromatic carbocycles. The molecule has 0 aromatic heterocycles. The van der Waals surface area contributed by atoms with Crippen molar-refractivity contribution in [1.82, 2.24) is 9.62 Å². The van der Waals surface area contributed by atoms with Crippen molar-refractivity contribution < 1.29 is 22.9 Å². The first-order valence-electron chi connectivity index (χ1n) is 17.0. The summed E-state index contributed by atoms with van der Waals surface area (Å²) in [5, 5.41) is 15.4. The Balaban J connectivity index is 1.23. The van der Waals surface area contributed by atoms with Crippen molar-refractivity contribution in [2.24, 2.45) is 0 Å². The normalized spacial score (nSPS) is 14.9. The summed E-state index contributed by atoms with van der Waals surface area (Å²) in [6.45, 7) is 2.26. The molecule has 1 aliphatic rings. The SMILES string of the molecule is COC1(Cc2ccccc2Br)CCN(c2ccc(C(=O)NS(=O)(=O)c3ccc(N[C@H](CCN(C)C)CSc4ccccc4)c([N+](=O)[O-])c3)cc2)CC1. The smallest absolute Gasteiger partial charge is 0.293 e. The second kappa shape index (κ2) is 17.7. The van der Waals surface area contributed by atoms with Crippen LogP contribution in [0.25, 0.3) is 0 Å². The van der Waals surface area contributed by atoms with Gasteiger partial charge in [0, 0.05) is 65.1 Å². The van der Waals surface area contributed by atoms with E-state index in [0.29, 0.717) is 12.2 Å². The van der Waals surface area contributed by atoms with E-state index in [2.05, 4.69) is 36.9 Å². The Morgan fingerprint density at radius 2 is 1.69 bits per heavy atom. The molecule has 0 bridgehead atoms. The number of ether oxygens (including phenoxy) is 1. The molecule has 1 aliphatic heterocycles. The topological polar surface area (TPSA) is 134 Å². The van der Waals surface area contributed by atoms with Crippen molar-refractivity contribution >= 4 is 60.7 Å². The quantitative estimate of drug-likeness (QED) is 0.0679. The number of sulfonamides is 1. The maximum Gasteiger partial charge on any atom is 0.293 e. The fraction of sp³-hybridized carbons (Fsp3) is 0.342. The van der Waals surface area contributed by atoms with Gasteiger partial charge in [0.05, 0.1) is 15.4 Å². The number of thioether (sulfide) groups is 1. The lowest BCUT2D eigenvalue weighted by molar-refractivity contribution is -0.384. The van der Waals surface area contributed by atoms with Crippen LogP contribution in [0, 0.1) is 10.1 Å². The van der Waals surface area contributed by atoms with Gasteiger partial charge in [0.1, 0.15) is 5.69 Å². The second-order valence-electron chi connectivity index (χ2n) is 13.1. The molecule has 1 heterocycles. The molecule has 0 unspecified atom stereocenters. The Morgan fingerprint density at radius 3 is 2.33 bits per heavy atom. The minimum atomic E-state index is -4.42. The van der Waals surface area contributed by atoms with Gasteiger partial charge in [0.2, 0.25) is 0 Å². The van der Waals surface area contributed by atoms with Gasteiger partial charge in [0.15, 0.2) is 0 Å². The molecule has 0 aliphatic carbocycles. The molecule has 276 valence electrons. The highest BCUT2D eigenvalue weighted by molar-refractivity contribution is 9.10. The first-order valence-corrected chi connectivity index (χ1v) is 20.2. The lowest BCUT2D eigenvalue weighted by atomic mass is 9.85. The van der Waals surface area contributed by atoms with E-state index in [-0.39, 0.29) is 27.8 Å². The number of anilines is 2. The van der Waals surface area contributed by atoms with Gasteiger partial charge in [-0.2, -0.15) is 0 Å². The van der Waals surface area contributed by atoms with Crippen LogP contribution < -0.4 is 14.9 Å². The predicted octanol–water partition coefficient (Wildman–Crippen LogP) is 7.23. The zero-order valence-corrected chi connectivity index (χ0v) is 32.7. The van der Waals surface area contributed by atoms with Crippen LogP contribution >= 0.6 is 27.7 Å². The number of amides is 1. The molecule has 52 heavy (non-hydrogen) atoms. The average molecular weight is 811 g/mol. The molecule has 14 heteroatoms. The molecular weight excluding hydrogens is 766 g/mol. The summed E-state index contributed by atoms with van der Waals surface area (Å²) in [6.07, 6.45) is 3.13. The fourth-order valence-electron chi connectivity index (χ4n) is 6.17. The van der Waals surface area contributed by atoms with Gasteiger partial charge in [-0.1, -0.05) is 52.3 Å². The number of piperidine rings is 1. The van der Waals surface area contributed by atoms with Gasteiger partial charge in [-0.25, -0.2) is 13.1 Å². The molecule has 1 atom stereocenters. The number of benzene rings is 4. The first kappa shape index (κ1) is 39.3. The van der Waals surface area contributed by atoms with E-state index < -0.39 is 26.5 Å². The van der Waals surface area contributed by atoms with Gasteiger partial charge in [0.25, 0.3) is 21.6 Å². The molecule has 11 nitrogen and oxygen atoms in total. The zero-order chi connectivity index (χ0) is 37.3. The number of nitro groups is 1. The Labute approximate surface area is 318 Å². The van der Waals surface area contributed by atoms with Crippen LogP contribution in [0.15, 0.2) is 111 Å². The minimum absolute atomic E-state index is 0.138. The number of hydrogen-bond acceptors (Lipinski definition) is 10. The largest absolute Gasteiger partial charge is 0.378 e. The molecule has 2 N–H and O–H groups in total. The number of hydrogen-bond donors (Lipinski definition) is 2. The van der Waals surface area contributed by atoms with Crippen LogP contribution in [0.1, 0.15) is 35.2 Å². The van der Waals surface area contributed by atoms with Crippen molar-refractivity contribution in [3.8, 4) is 0 Å². The van der Waals surface area contributed by atoms with E-state index in [4.69, 9.17) is 4.74 Å². The van der Waals surface area contributed by atoms with Crippen molar-refractivity contribution in [1.29, 1.82) is 0 Å². The van der Waals surface area contributed by atoms with Crippen LogP contribution in [-0.4, -0.2) is 82.4 Å². The zero-order valence-electron chi connectivity index (χ0n) is 29.5. The van der Waals surface area contributed by atoms with Crippen LogP contribution in [-0.2, 0) is 21.2 Å². The van der Waals surface area contributed by atoms with E-state index >= 15 is 0 Å². The molecular formula is C38H44BrN5O6S2. The van der Waals surface area contributed by atoms with Crippen molar-refractivity contribution in [2.75, 3.05) is 56.8 Å². The van der Waals surface area contributed by atoms with Crippen molar-refractivity contribution in [3.05, 3.63) is 123 Å². The molecule has 0 saturated carbocycles. The maximum absolute atomic E-state index is 13.3. The molecule has 0 radical (unpaired) electrons. The van der Waals surface area contributed by atoms with E-state index in [0.717, 1.165) is 60.0 Å². The van der Waals surface area contributed by atoms with Gasteiger partial charge in [-0.15, -0.1) is 11.8 Å². The molecule has 4 aromatic rings. The summed E-state index contributed by atoms with van der Waals surface area (Å²) in [5.74, 6) is -0.189. The summed E-state index contributed by atoms with van der Waals surface area (Å²) >= 11 is 5.28. The third kappa shape index (κ3) is 10.3.